The molecule has 0 atom stereocenters. The van der Waals surface area contributed by atoms with Crippen molar-refractivity contribution >= 4 is 15.9 Å². The van der Waals surface area contributed by atoms with Gasteiger partial charge in [-0.25, -0.2) is 4.98 Å². The van der Waals surface area contributed by atoms with E-state index < -0.39 is 0 Å². The van der Waals surface area contributed by atoms with E-state index in [0.717, 1.165) is 6.54 Å². The van der Waals surface area contributed by atoms with Gasteiger partial charge in [-0.2, -0.15) is 0 Å². The van der Waals surface area contributed by atoms with Crippen LogP contribution in [-0.2, 0) is 0 Å². The molecule has 0 saturated carbocycles. The van der Waals surface area contributed by atoms with Gasteiger partial charge in [-0.1, -0.05) is 0 Å². The number of hydrogen-bond donors (Lipinski definition) is 0. The fourth-order valence-corrected chi connectivity index (χ4v) is 1.02. The minimum Gasteiger partial charge on any atom is -0.475 e. The summed E-state index contributed by atoms with van der Waals surface area (Å²) in [6.07, 6.45) is 3.22. The van der Waals surface area contributed by atoms with Crippen LogP contribution in [0.3, 0.4) is 0 Å². The van der Waals surface area contributed by atoms with Crippen molar-refractivity contribution in [1.29, 1.82) is 0 Å². The molecule has 0 bridgehead atoms. The maximum atomic E-state index is 5.35. The highest BCUT2D eigenvalue weighted by Crippen LogP contribution is 2.09. The molecule has 72 valence electrons. The van der Waals surface area contributed by atoms with E-state index in [1.165, 1.54) is 0 Å². The van der Waals surface area contributed by atoms with E-state index >= 15 is 0 Å². The summed E-state index contributed by atoms with van der Waals surface area (Å²) in [5.74, 6) is 0.552. The van der Waals surface area contributed by atoms with Crippen LogP contribution in [0, 0.1) is 0 Å². The van der Waals surface area contributed by atoms with Gasteiger partial charge in [0.25, 0.3) is 0 Å². The van der Waals surface area contributed by atoms with Crippen molar-refractivity contribution in [3.8, 4) is 5.88 Å². The van der Waals surface area contributed by atoms with Crippen LogP contribution in [0.1, 0.15) is 0 Å². The van der Waals surface area contributed by atoms with E-state index in [0.29, 0.717) is 17.1 Å². The molecule has 0 unspecified atom stereocenters. The van der Waals surface area contributed by atoms with Gasteiger partial charge >= 0.3 is 0 Å². The van der Waals surface area contributed by atoms with Crippen molar-refractivity contribution in [2.75, 3.05) is 27.2 Å². The third-order valence-electron chi connectivity index (χ3n) is 1.37. The summed E-state index contributed by atoms with van der Waals surface area (Å²) in [6.45, 7) is 1.49. The third-order valence-corrected chi connectivity index (χ3v) is 1.75. The number of halogens is 1. The van der Waals surface area contributed by atoms with Crippen LogP contribution >= 0.6 is 15.9 Å². The molecule has 0 amide bonds. The Morgan fingerprint density at radius 2 is 2.23 bits per heavy atom. The van der Waals surface area contributed by atoms with Crippen molar-refractivity contribution < 1.29 is 4.74 Å². The lowest BCUT2D eigenvalue weighted by molar-refractivity contribution is 0.252. The van der Waals surface area contributed by atoms with Crippen molar-refractivity contribution in [2.45, 2.75) is 0 Å². The molecule has 1 heterocycles. The minimum absolute atomic E-state index is 0.552. The summed E-state index contributed by atoms with van der Waals surface area (Å²) >= 11 is 3.22. The van der Waals surface area contributed by atoms with Gasteiger partial charge in [-0.3, -0.25) is 4.98 Å². The second-order valence-corrected chi connectivity index (χ2v) is 3.64. The molecule has 0 saturated heterocycles. The molecule has 1 aromatic rings. The van der Waals surface area contributed by atoms with Gasteiger partial charge in [0.2, 0.25) is 5.88 Å². The monoisotopic (exact) mass is 245 g/mol. The lowest BCUT2D eigenvalue weighted by Crippen LogP contribution is -2.19. The van der Waals surface area contributed by atoms with Gasteiger partial charge in [-0.05, 0) is 30.0 Å². The quantitative estimate of drug-likeness (QED) is 0.799. The molecule has 0 aromatic carbocycles. The van der Waals surface area contributed by atoms with Crippen LogP contribution in [-0.4, -0.2) is 42.1 Å². The third kappa shape index (κ3) is 4.19. The topological polar surface area (TPSA) is 38.2 Å². The number of ether oxygens (including phenoxy) is 1. The first-order valence-corrected chi connectivity index (χ1v) is 4.73. The Morgan fingerprint density at radius 3 is 2.85 bits per heavy atom. The Bertz CT molecular complexity index is 267. The zero-order valence-electron chi connectivity index (χ0n) is 7.70. The van der Waals surface area contributed by atoms with Crippen LogP contribution in [0.15, 0.2) is 17.0 Å². The molecular weight excluding hydrogens is 234 g/mol. The molecule has 0 aliphatic heterocycles. The average Bonchev–Trinajstić information content (AvgIpc) is 2.03. The smallest absolute Gasteiger partial charge is 0.233 e. The Hall–Kier alpha value is -0.680. The molecule has 5 heteroatoms. The lowest BCUT2D eigenvalue weighted by Gasteiger charge is -2.09. The highest BCUT2D eigenvalue weighted by atomic mass is 79.9. The zero-order chi connectivity index (χ0) is 9.68. The number of aromatic nitrogens is 2. The second kappa shape index (κ2) is 5.14. The van der Waals surface area contributed by atoms with Gasteiger partial charge < -0.3 is 9.64 Å². The van der Waals surface area contributed by atoms with Gasteiger partial charge in [0.1, 0.15) is 11.2 Å². The van der Waals surface area contributed by atoms with E-state index in [1.54, 1.807) is 12.4 Å². The van der Waals surface area contributed by atoms with Crippen LogP contribution in [0.5, 0.6) is 5.88 Å². The number of rotatable bonds is 4. The molecule has 1 rings (SSSR count). The van der Waals surface area contributed by atoms with Crippen LogP contribution in [0.25, 0.3) is 0 Å². The summed E-state index contributed by atoms with van der Waals surface area (Å²) in [4.78, 5) is 10.1. The van der Waals surface area contributed by atoms with Crippen molar-refractivity contribution in [3.63, 3.8) is 0 Å². The number of likely N-dealkylation sites (N-methyl/N-ethyl adjacent to an activating group) is 1. The van der Waals surface area contributed by atoms with E-state index in [1.807, 2.05) is 19.0 Å². The largest absolute Gasteiger partial charge is 0.475 e. The average molecular weight is 246 g/mol. The molecule has 0 fully saturated rings. The van der Waals surface area contributed by atoms with E-state index in [2.05, 4.69) is 25.9 Å². The highest BCUT2D eigenvalue weighted by Gasteiger charge is 1.97. The second-order valence-electron chi connectivity index (χ2n) is 2.83. The van der Waals surface area contributed by atoms with Crippen LogP contribution in [0.2, 0.25) is 0 Å². The van der Waals surface area contributed by atoms with Crippen LogP contribution in [0.4, 0.5) is 0 Å². The molecule has 0 aliphatic rings. The standard InChI is InChI=1S/C8H12BrN3O/c1-12(2)3-4-13-8-6-10-5-7(9)11-8/h5-6H,3-4H2,1-2H3. The first kappa shape index (κ1) is 10.4. The predicted octanol–water partition coefficient (Wildman–Crippen LogP) is 1.18. The molecule has 4 nitrogen and oxygen atoms in total. The summed E-state index contributed by atoms with van der Waals surface area (Å²) in [7, 11) is 3.99. The fourth-order valence-electron chi connectivity index (χ4n) is 0.728. The van der Waals surface area contributed by atoms with E-state index in [9.17, 15) is 0 Å². The van der Waals surface area contributed by atoms with Gasteiger partial charge in [0, 0.05) is 6.54 Å². The van der Waals surface area contributed by atoms with Gasteiger partial charge in [0.15, 0.2) is 0 Å². The summed E-state index contributed by atoms with van der Waals surface area (Å²) < 4.78 is 6.04. The van der Waals surface area contributed by atoms with E-state index in [-0.39, 0.29) is 0 Å². The van der Waals surface area contributed by atoms with Crippen molar-refractivity contribution in [2.24, 2.45) is 0 Å². The molecule has 0 radical (unpaired) electrons. The maximum absolute atomic E-state index is 5.35. The van der Waals surface area contributed by atoms with Gasteiger partial charge in [-0.15, -0.1) is 0 Å². The normalized spacial score (nSPS) is 10.5. The van der Waals surface area contributed by atoms with Gasteiger partial charge in [0.05, 0.1) is 12.4 Å². The predicted molar refractivity (Wildman–Crippen MR) is 53.8 cm³/mol. The van der Waals surface area contributed by atoms with Crippen molar-refractivity contribution in [1.82, 2.24) is 14.9 Å². The summed E-state index contributed by atoms with van der Waals surface area (Å²) in [5, 5.41) is 0. The highest BCUT2D eigenvalue weighted by molar-refractivity contribution is 9.10. The van der Waals surface area contributed by atoms with Crippen LogP contribution < -0.4 is 4.74 Å². The lowest BCUT2D eigenvalue weighted by atomic mass is 10.6. The Kier molecular flexibility index (Phi) is 4.11. The molecule has 13 heavy (non-hydrogen) atoms. The first-order chi connectivity index (χ1) is 6.18. The SMILES string of the molecule is CN(C)CCOc1cncc(Br)n1. The molecule has 0 N–H and O–H groups in total. The van der Waals surface area contributed by atoms with E-state index in [4.69, 9.17) is 4.74 Å². The van der Waals surface area contributed by atoms with Crippen molar-refractivity contribution in [3.05, 3.63) is 17.0 Å². The molecule has 0 aliphatic carbocycles. The Morgan fingerprint density at radius 1 is 1.46 bits per heavy atom. The molecule has 0 spiro atoms. The molecular formula is C8H12BrN3O. The number of hydrogen-bond acceptors (Lipinski definition) is 4. The minimum atomic E-state index is 0.552. The maximum Gasteiger partial charge on any atom is 0.233 e. The molecule has 1 aromatic heterocycles. The fraction of sp³-hybridized carbons (Fsp3) is 0.500. The Labute approximate surface area is 86.1 Å². The number of nitrogens with zero attached hydrogens (tertiary/aromatic N) is 3. The first-order valence-electron chi connectivity index (χ1n) is 3.93. The zero-order valence-corrected chi connectivity index (χ0v) is 9.28. The summed E-state index contributed by atoms with van der Waals surface area (Å²) in [6, 6.07) is 0. The summed E-state index contributed by atoms with van der Waals surface area (Å²) in [5.41, 5.74) is 0. The Balaban J connectivity index is 2.37.